The first-order valence-corrected chi connectivity index (χ1v) is 16.2. The third-order valence-corrected chi connectivity index (χ3v) is 9.64. The van der Waals surface area contributed by atoms with Crippen molar-refractivity contribution in [2.24, 2.45) is 0 Å². The maximum atomic E-state index is 8.99. The van der Waals surface area contributed by atoms with Crippen molar-refractivity contribution in [2.45, 2.75) is 52.2 Å². The molecule has 0 N–H and O–H groups in total. The quantitative estimate of drug-likeness (QED) is 0.234. The standard InChI is InChI=1S/C31H33NSSi/c1-31(2,3)23-15-13-21(14-16-23)19-22-17-18-32-26(20-22)24-9-7-10-25-29-27(33-30(24)25)11-8-12-28(29)34(4,5)6/h7-18,20H,19H2,1-6H3/i19D2. The first-order valence-electron chi connectivity index (χ1n) is 12.9. The van der Waals surface area contributed by atoms with Crippen LogP contribution >= 0.6 is 11.3 Å². The Hall–Kier alpha value is -2.75. The zero-order chi connectivity index (χ0) is 25.9. The topological polar surface area (TPSA) is 12.9 Å². The van der Waals surface area contributed by atoms with Gasteiger partial charge in [0.25, 0.3) is 0 Å². The second-order valence-corrected chi connectivity index (χ2v) is 17.2. The molecule has 3 aromatic carbocycles. The molecular weight excluding hydrogens is 447 g/mol. The molecule has 2 aromatic heterocycles. The van der Waals surface area contributed by atoms with Crippen LogP contribution in [0, 0.1) is 0 Å². The molecule has 172 valence electrons. The summed E-state index contributed by atoms with van der Waals surface area (Å²) in [6, 6.07) is 24.8. The Kier molecular flexibility index (Phi) is 5.14. The largest absolute Gasteiger partial charge is 0.256 e. The minimum Gasteiger partial charge on any atom is -0.256 e. The van der Waals surface area contributed by atoms with Gasteiger partial charge in [0.15, 0.2) is 0 Å². The van der Waals surface area contributed by atoms with Gasteiger partial charge in [0.2, 0.25) is 0 Å². The van der Waals surface area contributed by atoms with Crippen molar-refractivity contribution in [3.8, 4) is 11.3 Å². The van der Waals surface area contributed by atoms with Crippen molar-refractivity contribution >= 4 is 44.8 Å². The van der Waals surface area contributed by atoms with Crippen LogP contribution in [0.2, 0.25) is 19.6 Å². The summed E-state index contributed by atoms with van der Waals surface area (Å²) >= 11 is 1.82. The summed E-state index contributed by atoms with van der Waals surface area (Å²) in [7, 11) is -1.52. The lowest BCUT2D eigenvalue weighted by atomic mass is 9.86. The number of fused-ring (bicyclic) bond motifs is 3. The lowest BCUT2D eigenvalue weighted by molar-refractivity contribution is 0.590. The highest BCUT2D eigenvalue weighted by molar-refractivity contribution is 7.26. The highest BCUT2D eigenvalue weighted by atomic mass is 32.1. The molecule has 0 aliphatic heterocycles. The molecule has 1 nitrogen and oxygen atoms in total. The molecule has 0 spiro atoms. The molecule has 0 bridgehead atoms. The molecule has 0 aliphatic carbocycles. The summed E-state index contributed by atoms with van der Waals surface area (Å²) in [5.41, 5.74) is 4.40. The Morgan fingerprint density at radius 3 is 2.32 bits per heavy atom. The van der Waals surface area contributed by atoms with Crippen LogP contribution in [0.15, 0.2) is 79.0 Å². The smallest absolute Gasteiger partial charge is 0.0784 e. The third-order valence-electron chi connectivity index (χ3n) is 6.41. The summed E-state index contributed by atoms with van der Waals surface area (Å²) in [6.45, 7) is 13.7. The van der Waals surface area contributed by atoms with Gasteiger partial charge in [-0.15, -0.1) is 11.3 Å². The van der Waals surface area contributed by atoms with Gasteiger partial charge < -0.3 is 0 Å². The van der Waals surface area contributed by atoms with Gasteiger partial charge in [-0.05, 0) is 52.1 Å². The van der Waals surface area contributed by atoms with Gasteiger partial charge in [-0.3, -0.25) is 4.98 Å². The van der Waals surface area contributed by atoms with Gasteiger partial charge in [0.1, 0.15) is 0 Å². The van der Waals surface area contributed by atoms with E-state index in [0.717, 1.165) is 11.3 Å². The monoisotopic (exact) mass is 481 g/mol. The predicted molar refractivity (Wildman–Crippen MR) is 153 cm³/mol. The Bertz CT molecular complexity index is 1570. The molecule has 0 aliphatic rings. The third kappa shape index (κ3) is 4.35. The second-order valence-electron chi connectivity index (χ2n) is 11.1. The molecule has 0 unspecified atom stereocenters. The summed E-state index contributed by atoms with van der Waals surface area (Å²) in [4.78, 5) is 4.70. The lowest BCUT2D eigenvalue weighted by Gasteiger charge is -2.19. The molecule has 5 aromatic rings. The van der Waals surface area contributed by atoms with Crippen LogP contribution in [0.4, 0.5) is 0 Å². The van der Waals surface area contributed by atoms with Crippen molar-refractivity contribution in [3.63, 3.8) is 0 Å². The first kappa shape index (κ1) is 20.6. The van der Waals surface area contributed by atoms with Gasteiger partial charge in [-0.1, -0.05) is 100 Å². The Morgan fingerprint density at radius 2 is 1.62 bits per heavy atom. The zero-order valence-electron chi connectivity index (χ0n) is 22.9. The van der Waals surface area contributed by atoms with Crippen molar-refractivity contribution in [3.05, 3.63) is 95.7 Å². The molecule has 2 heterocycles. The number of hydrogen-bond donors (Lipinski definition) is 0. The number of nitrogens with zero attached hydrogens (tertiary/aromatic N) is 1. The van der Waals surface area contributed by atoms with E-state index in [-0.39, 0.29) is 5.41 Å². The van der Waals surface area contributed by atoms with Crippen LogP contribution in [0.5, 0.6) is 0 Å². The molecule has 0 saturated carbocycles. The van der Waals surface area contributed by atoms with E-state index in [1.807, 2.05) is 41.7 Å². The van der Waals surface area contributed by atoms with Crippen molar-refractivity contribution in [2.75, 3.05) is 0 Å². The minimum atomic E-state index is -1.62. The minimum absolute atomic E-state index is 0.0351. The Balaban J connectivity index is 1.62. The lowest BCUT2D eigenvalue weighted by Crippen LogP contribution is -2.37. The summed E-state index contributed by atoms with van der Waals surface area (Å²) < 4.78 is 20.5. The van der Waals surface area contributed by atoms with E-state index in [2.05, 4.69) is 76.8 Å². The van der Waals surface area contributed by atoms with E-state index in [9.17, 15) is 0 Å². The van der Waals surface area contributed by atoms with E-state index in [1.54, 1.807) is 12.3 Å². The van der Waals surface area contributed by atoms with E-state index < -0.39 is 14.4 Å². The fourth-order valence-electron chi connectivity index (χ4n) is 4.55. The van der Waals surface area contributed by atoms with E-state index >= 15 is 0 Å². The van der Waals surface area contributed by atoms with Crippen LogP contribution in [-0.2, 0) is 11.8 Å². The van der Waals surface area contributed by atoms with Gasteiger partial charge in [0.05, 0.1) is 13.8 Å². The summed E-state index contributed by atoms with van der Waals surface area (Å²) in [5, 5.41) is 4.14. The van der Waals surface area contributed by atoms with E-state index in [1.165, 1.54) is 30.9 Å². The average Bonchev–Trinajstić information content (AvgIpc) is 3.22. The number of aromatic nitrogens is 1. The number of hydrogen-bond acceptors (Lipinski definition) is 2. The van der Waals surface area contributed by atoms with E-state index in [0.29, 0.717) is 11.1 Å². The molecule has 0 fully saturated rings. The average molecular weight is 482 g/mol. The molecule has 5 rings (SSSR count). The fraction of sp³-hybridized carbons (Fsp3) is 0.258. The van der Waals surface area contributed by atoms with Gasteiger partial charge in [0, 0.05) is 29.3 Å². The van der Waals surface area contributed by atoms with Crippen molar-refractivity contribution in [1.82, 2.24) is 4.98 Å². The van der Waals surface area contributed by atoms with Crippen LogP contribution in [0.1, 0.15) is 40.2 Å². The number of rotatable bonds is 4. The summed E-state index contributed by atoms with van der Waals surface area (Å²) in [6.07, 6.45) is 0.124. The van der Waals surface area contributed by atoms with Gasteiger partial charge >= 0.3 is 0 Å². The SMILES string of the molecule is [2H]C([2H])(c1ccc(C(C)(C)C)cc1)c1ccnc(-c2cccc3c2sc2cccc([Si](C)(C)C)c23)c1. The van der Waals surface area contributed by atoms with Crippen LogP contribution in [-0.4, -0.2) is 13.1 Å². The maximum Gasteiger partial charge on any atom is 0.0784 e. The maximum absolute atomic E-state index is 8.99. The van der Waals surface area contributed by atoms with Gasteiger partial charge in [-0.25, -0.2) is 0 Å². The van der Waals surface area contributed by atoms with E-state index in [4.69, 9.17) is 7.73 Å². The Labute approximate surface area is 211 Å². The molecule has 34 heavy (non-hydrogen) atoms. The van der Waals surface area contributed by atoms with Crippen LogP contribution < -0.4 is 5.19 Å². The first-order chi connectivity index (χ1) is 16.9. The number of pyridine rings is 1. The summed E-state index contributed by atoms with van der Waals surface area (Å²) in [5.74, 6) is 0. The Morgan fingerprint density at radius 1 is 0.882 bits per heavy atom. The highest BCUT2D eigenvalue weighted by Gasteiger charge is 2.22. The zero-order valence-corrected chi connectivity index (χ0v) is 22.7. The normalized spacial score (nSPS) is 13.8. The predicted octanol–water partition coefficient (Wildman–Crippen LogP) is 8.55. The molecule has 0 amide bonds. The fourth-order valence-corrected chi connectivity index (χ4v) is 7.51. The van der Waals surface area contributed by atoms with Crippen LogP contribution in [0.3, 0.4) is 0 Å². The molecule has 3 heteroatoms. The van der Waals surface area contributed by atoms with Crippen molar-refractivity contribution in [1.29, 1.82) is 0 Å². The van der Waals surface area contributed by atoms with Crippen LogP contribution in [0.25, 0.3) is 31.4 Å². The van der Waals surface area contributed by atoms with Gasteiger partial charge in [-0.2, -0.15) is 0 Å². The second kappa shape index (κ2) is 8.48. The number of benzene rings is 3. The molecule has 0 atom stereocenters. The van der Waals surface area contributed by atoms with Crippen molar-refractivity contribution < 1.29 is 2.74 Å². The number of thiophene rings is 1. The molecule has 0 saturated heterocycles. The molecular formula is C31H33NSSi. The highest BCUT2D eigenvalue weighted by Crippen LogP contribution is 2.39. The molecule has 0 radical (unpaired) electrons.